The molecule has 2 nitrogen and oxygen atoms in total. The minimum absolute atomic E-state index is 0.917. The molecule has 0 saturated carbocycles. The van der Waals surface area contributed by atoms with E-state index in [2.05, 4.69) is 10.2 Å². The lowest BCUT2D eigenvalue weighted by Gasteiger charge is -1.68. The van der Waals surface area contributed by atoms with Gasteiger partial charge in [0.1, 0.15) is 0 Å². The molecule has 0 aliphatic carbocycles. The summed E-state index contributed by atoms with van der Waals surface area (Å²) in [6.45, 7) is 5.11. The molecular formula is C5H5N2. The largest absolute Gasteiger partial charge is 0.285 e. The fraction of sp³-hybridized carbons (Fsp3) is 0. The zero-order chi connectivity index (χ0) is 5.11. The average molecular weight is 93.1 g/mol. The van der Waals surface area contributed by atoms with Crippen molar-refractivity contribution in [3.8, 4) is 0 Å². The third-order valence-corrected chi connectivity index (χ3v) is 0.712. The van der Waals surface area contributed by atoms with Crippen molar-refractivity contribution in [2.75, 3.05) is 0 Å². The van der Waals surface area contributed by atoms with Crippen LogP contribution in [0.4, 0.5) is 0 Å². The number of nitrogens with zero attached hydrogens (tertiary/aromatic N) is 1. The van der Waals surface area contributed by atoms with Gasteiger partial charge in [-0.05, 0) is 0 Å². The first kappa shape index (κ1) is 4.12. The highest BCUT2D eigenvalue weighted by atomic mass is 15.1. The van der Waals surface area contributed by atoms with Crippen LogP contribution in [0.2, 0.25) is 0 Å². The molecule has 0 fully saturated rings. The molecule has 0 bridgehead atoms. The molecule has 7 heavy (non-hydrogen) atoms. The number of nitrogens with one attached hydrogen (secondary N) is 1. The summed E-state index contributed by atoms with van der Waals surface area (Å²) >= 11 is 0. The SMILES string of the molecule is [CH]=Cc1cn[nH]c1. The normalized spacial score (nSPS) is 8.57. The van der Waals surface area contributed by atoms with Gasteiger partial charge in [0, 0.05) is 11.8 Å². The van der Waals surface area contributed by atoms with E-state index >= 15 is 0 Å². The van der Waals surface area contributed by atoms with Crippen LogP contribution in [0.1, 0.15) is 5.56 Å². The molecule has 1 aromatic rings. The molecule has 0 aliphatic rings. The molecule has 0 unspecified atom stereocenters. The first-order valence-corrected chi connectivity index (χ1v) is 1.97. The van der Waals surface area contributed by atoms with Gasteiger partial charge in [-0.2, -0.15) is 5.10 Å². The molecule has 1 rings (SSSR count). The van der Waals surface area contributed by atoms with Crippen molar-refractivity contribution in [2.45, 2.75) is 0 Å². The van der Waals surface area contributed by atoms with Crippen molar-refractivity contribution in [1.29, 1.82) is 0 Å². The van der Waals surface area contributed by atoms with Crippen molar-refractivity contribution in [2.24, 2.45) is 0 Å². The molecule has 1 N–H and O–H groups in total. The topological polar surface area (TPSA) is 28.7 Å². The maximum absolute atomic E-state index is 5.11. The molecule has 2 heteroatoms. The van der Waals surface area contributed by atoms with Crippen molar-refractivity contribution >= 4 is 6.08 Å². The highest BCUT2D eigenvalue weighted by Crippen LogP contribution is 1.91. The maximum atomic E-state index is 5.11. The van der Waals surface area contributed by atoms with Crippen molar-refractivity contribution < 1.29 is 0 Å². The second kappa shape index (κ2) is 1.60. The Morgan fingerprint density at radius 1 is 1.86 bits per heavy atom. The first-order valence-electron chi connectivity index (χ1n) is 1.97. The van der Waals surface area contributed by atoms with E-state index in [1.807, 2.05) is 0 Å². The van der Waals surface area contributed by atoms with Crippen LogP contribution in [0, 0.1) is 6.58 Å². The predicted molar refractivity (Wildman–Crippen MR) is 27.4 cm³/mol. The fourth-order valence-electron chi connectivity index (χ4n) is 0.352. The molecule has 1 aromatic heterocycles. The van der Waals surface area contributed by atoms with Crippen molar-refractivity contribution in [1.82, 2.24) is 10.2 Å². The van der Waals surface area contributed by atoms with Gasteiger partial charge in [0.15, 0.2) is 0 Å². The molecule has 0 amide bonds. The van der Waals surface area contributed by atoms with Gasteiger partial charge in [-0.25, -0.2) is 0 Å². The number of aromatic nitrogens is 2. The number of aromatic amines is 1. The van der Waals surface area contributed by atoms with E-state index in [4.69, 9.17) is 6.58 Å². The van der Waals surface area contributed by atoms with Crippen LogP contribution in [-0.2, 0) is 0 Å². The van der Waals surface area contributed by atoms with Crippen LogP contribution in [-0.4, -0.2) is 10.2 Å². The third kappa shape index (κ3) is 0.682. The summed E-state index contributed by atoms with van der Waals surface area (Å²) in [5.74, 6) is 0. The molecule has 0 spiro atoms. The molecule has 1 heterocycles. The van der Waals surface area contributed by atoms with Crippen LogP contribution in [0.3, 0.4) is 0 Å². The summed E-state index contributed by atoms with van der Waals surface area (Å²) in [7, 11) is 0. The second-order valence-electron chi connectivity index (χ2n) is 1.20. The summed E-state index contributed by atoms with van der Waals surface area (Å²) in [4.78, 5) is 0. The minimum atomic E-state index is 0.917. The smallest absolute Gasteiger partial charge is 0.0559 e. The quantitative estimate of drug-likeness (QED) is 0.548. The Hall–Kier alpha value is -1.05. The van der Waals surface area contributed by atoms with Gasteiger partial charge in [0.25, 0.3) is 0 Å². The van der Waals surface area contributed by atoms with E-state index in [1.54, 1.807) is 12.4 Å². The Balaban J connectivity index is 2.96. The van der Waals surface area contributed by atoms with Gasteiger partial charge in [0.2, 0.25) is 0 Å². The standard InChI is InChI=1S/C5H5N2/c1-2-5-3-6-7-4-5/h1-4H,(H,6,7). The Bertz CT molecular complexity index is 141. The number of rotatable bonds is 1. The van der Waals surface area contributed by atoms with E-state index in [0.29, 0.717) is 0 Å². The van der Waals surface area contributed by atoms with Gasteiger partial charge >= 0.3 is 0 Å². The van der Waals surface area contributed by atoms with Crippen LogP contribution >= 0.6 is 0 Å². The van der Waals surface area contributed by atoms with Crippen LogP contribution in [0.5, 0.6) is 0 Å². The Morgan fingerprint density at radius 3 is 3.00 bits per heavy atom. The maximum Gasteiger partial charge on any atom is 0.0559 e. The predicted octanol–water partition coefficient (Wildman–Crippen LogP) is 0.856. The Morgan fingerprint density at radius 2 is 2.71 bits per heavy atom. The van der Waals surface area contributed by atoms with Crippen molar-refractivity contribution in [3.63, 3.8) is 0 Å². The molecular weight excluding hydrogens is 88.1 g/mol. The van der Waals surface area contributed by atoms with Gasteiger partial charge in [-0.3, -0.25) is 5.10 Å². The average Bonchev–Trinajstić information content (AvgIpc) is 2.14. The zero-order valence-electron chi connectivity index (χ0n) is 3.76. The number of hydrogen-bond acceptors (Lipinski definition) is 1. The summed E-state index contributed by atoms with van der Waals surface area (Å²) in [6.07, 6.45) is 4.86. The van der Waals surface area contributed by atoms with Crippen LogP contribution in [0.25, 0.3) is 6.08 Å². The van der Waals surface area contributed by atoms with Gasteiger partial charge in [-0.1, -0.05) is 12.7 Å². The third-order valence-electron chi connectivity index (χ3n) is 0.712. The number of H-pyrrole nitrogens is 1. The van der Waals surface area contributed by atoms with Crippen LogP contribution < -0.4 is 0 Å². The summed E-state index contributed by atoms with van der Waals surface area (Å²) in [6, 6.07) is 0. The minimum Gasteiger partial charge on any atom is -0.285 e. The summed E-state index contributed by atoms with van der Waals surface area (Å²) < 4.78 is 0. The Kier molecular flexibility index (Phi) is 0.941. The van der Waals surface area contributed by atoms with Gasteiger partial charge in [-0.15, -0.1) is 0 Å². The lowest BCUT2D eigenvalue weighted by atomic mass is 10.4. The molecule has 1 radical (unpaired) electrons. The van der Waals surface area contributed by atoms with E-state index < -0.39 is 0 Å². The van der Waals surface area contributed by atoms with E-state index in [-0.39, 0.29) is 0 Å². The summed E-state index contributed by atoms with van der Waals surface area (Å²) in [5, 5.41) is 6.28. The van der Waals surface area contributed by atoms with E-state index in [9.17, 15) is 0 Å². The molecule has 35 valence electrons. The summed E-state index contributed by atoms with van der Waals surface area (Å²) in [5.41, 5.74) is 0.917. The Labute approximate surface area is 41.9 Å². The van der Waals surface area contributed by atoms with Gasteiger partial charge < -0.3 is 0 Å². The zero-order valence-corrected chi connectivity index (χ0v) is 3.76. The molecule has 0 atom stereocenters. The van der Waals surface area contributed by atoms with E-state index in [1.165, 1.54) is 6.08 Å². The van der Waals surface area contributed by atoms with Gasteiger partial charge in [0.05, 0.1) is 6.20 Å². The van der Waals surface area contributed by atoms with Crippen molar-refractivity contribution in [3.05, 3.63) is 24.5 Å². The second-order valence-corrected chi connectivity index (χ2v) is 1.20. The molecule has 0 aromatic carbocycles. The highest BCUT2D eigenvalue weighted by molar-refractivity contribution is 5.41. The fourth-order valence-corrected chi connectivity index (χ4v) is 0.352. The van der Waals surface area contributed by atoms with Crippen LogP contribution in [0.15, 0.2) is 12.4 Å². The van der Waals surface area contributed by atoms with E-state index in [0.717, 1.165) is 5.56 Å². The molecule has 0 aliphatic heterocycles. The first-order chi connectivity index (χ1) is 3.43. The highest BCUT2D eigenvalue weighted by Gasteiger charge is 1.78. The molecule has 0 saturated heterocycles. The monoisotopic (exact) mass is 93.0 g/mol. The number of hydrogen-bond donors (Lipinski definition) is 1. The lowest BCUT2D eigenvalue weighted by Crippen LogP contribution is -1.53. The lowest BCUT2D eigenvalue weighted by molar-refractivity contribution is 1.09.